The Hall–Kier alpha value is -3.15. The third-order valence-corrected chi connectivity index (χ3v) is 3.88. The van der Waals surface area contributed by atoms with Gasteiger partial charge in [-0.25, -0.2) is 4.98 Å². The van der Waals surface area contributed by atoms with Gasteiger partial charge in [0.2, 0.25) is 5.95 Å². The van der Waals surface area contributed by atoms with E-state index in [0.717, 1.165) is 28.5 Å². The summed E-state index contributed by atoms with van der Waals surface area (Å²) in [6, 6.07) is 15.4. The lowest BCUT2D eigenvalue weighted by molar-refractivity contribution is 0.102. The smallest absolute Gasteiger partial charge is 0.279 e. The topological polar surface area (TPSA) is 75.6 Å². The van der Waals surface area contributed by atoms with Crippen molar-refractivity contribution in [3.05, 3.63) is 54.2 Å². The Balaban J connectivity index is 1.74. The molecule has 0 fully saturated rings. The minimum Gasteiger partial charge on any atom is -0.310 e. The molecule has 0 saturated carbocycles. The first kappa shape index (κ1) is 13.5. The standard InChI is InChI=1S/C17H15N5O/c1-2-22-14-10-6-5-9-13(14)18-17(22)19-16(23)15-11-7-3-4-8-12(11)20-21-15/h3-10H,2H2,1H3,(H,20,21)(H,18,19,23). The molecule has 2 heterocycles. The molecule has 2 aromatic carbocycles. The molecule has 0 bridgehead atoms. The largest absolute Gasteiger partial charge is 0.310 e. The maximum Gasteiger partial charge on any atom is 0.279 e. The highest BCUT2D eigenvalue weighted by Crippen LogP contribution is 2.21. The molecular weight excluding hydrogens is 290 g/mol. The average Bonchev–Trinajstić information content (AvgIpc) is 3.15. The number of amides is 1. The van der Waals surface area contributed by atoms with Gasteiger partial charge >= 0.3 is 0 Å². The lowest BCUT2D eigenvalue weighted by atomic mass is 10.2. The van der Waals surface area contributed by atoms with Crippen LogP contribution in [0.1, 0.15) is 17.4 Å². The third-order valence-electron chi connectivity index (χ3n) is 3.88. The Labute approximate surface area is 132 Å². The van der Waals surface area contributed by atoms with Gasteiger partial charge in [-0.3, -0.25) is 15.2 Å². The summed E-state index contributed by atoms with van der Waals surface area (Å²) in [5, 5.41) is 10.7. The number of nitrogens with zero attached hydrogens (tertiary/aromatic N) is 3. The summed E-state index contributed by atoms with van der Waals surface area (Å²) < 4.78 is 1.97. The van der Waals surface area contributed by atoms with Gasteiger partial charge in [0.1, 0.15) is 0 Å². The molecule has 4 aromatic rings. The van der Waals surface area contributed by atoms with Crippen LogP contribution < -0.4 is 5.32 Å². The molecule has 2 aromatic heterocycles. The highest BCUT2D eigenvalue weighted by molar-refractivity contribution is 6.10. The number of hydrogen-bond donors (Lipinski definition) is 2. The van der Waals surface area contributed by atoms with Gasteiger partial charge in [0.05, 0.1) is 16.6 Å². The number of carbonyl (C=O) groups excluding carboxylic acids is 1. The molecule has 0 aliphatic heterocycles. The molecule has 6 nitrogen and oxygen atoms in total. The summed E-state index contributed by atoms with van der Waals surface area (Å²) in [7, 11) is 0. The van der Waals surface area contributed by atoms with Gasteiger partial charge in [0.15, 0.2) is 5.69 Å². The molecule has 0 atom stereocenters. The number of rotatable bonds is 3. The molecule has 4 rings (SSSR count). The SMILES string of the molecule is CCn1c(NC(=O)c2n[nH]c3ccccc23)nc2ccccc21. The summed E-state index contributed by atoms with van der Waals surface area (Å²) in [6.45, 7) is 2.74. The zero-order valence-corrected chi connectivity index (χ0v) is 12.6. The number of para-hydroxylation sites is 3. The number of aromatic amines is 1. The molecule has 0 unspecified atom stereocenters. The van der Waals surface area contributed by atoms with Crippen LogP contribution in [0.2, 0.25) is 0 Å². The number of imidazole rings is 1. The van der Waals surface area contributed by atoms with E-state index in [1.807, 2.05) is 60.0 Å². The molecule has 23 heavy (non-hydrogen) atoms. The van der Waals surface area contributed by atoms with Crippen molar-refractivity contribution in [2.24, 2.45) is 0 Å². The molecule has 0 aliphatic carbocycles. The van der Waals surface area contributed by atoms with Crippen LogP contribution in [-0.4, -0.2) is 25.7 Å². The van der Waals surface area contributed by atoms with Crippen molar-refractivity contribution < 1.29 is 4.79 Å². The number of H-pyrrole nitrogens is 1. The Kier molecular flexibility index (Phi) is 3.08. The van der Waals surface area contributed by atoms with Crippen LogP contribution in [0.4, 0.5) is 5.95 Å². The average molecular weight is 305 g/mol. The second-order valence-corrected chi connectivity index (χ2v) is 5.24. The van der Waals surface area contributed by atoms with E-state index >= 15 is 0 Å². The summed E-state index contributed by atoms with van der Waals surface area (Å²) in [4.78, 5) is 17.1. The first-order chi connectivity index (χ1) is 11.3. The molecule has 0 spiro atoms. The monoisotopic (exact) mass is 305 g/mol. The predicted molar refractivity (Wildman–Crippen MR) is 89.5 cm³/mol. The second-order valence-electron chi connectivity index (χ2n) is 5.24. The number of anilines is 1. The third kappa shape index (κ3) is 2.15. The predicted octanol–water partition coefficient (Wildman–Crippen LogP) is 3.18. The highest BCUT2D eigenvalue weighted by atomic mass is 16.2. The number of nitrogens with one attached hydrogen (secondary N) is 2. The van der Waals surface area contributed by atoms with E-state index in [-0.39, 0.29) is 5.91 Å². The molecule has 0 saturated heterocycles. The lowest BCUT2D eigenvalue weighted by Crippen LogP contribution is -2.16. The van der Waals surface area contributed by atoms with Crippen molar-refractivity contribution in [1.29, 1.82) is 0 Å². The van der Waals surface area contributed by atoms with Gasteiger partial charge in [0.25, 0.3) is 5.91 Å². The van der Waals surface area contributed by atoms with Crippen molar-refractivity contribution in [2.45, 2.75) is 13.5 Å². The van der Waals surface area contributed by atoms with Gasteiger partial charge in [-0.2, -0.15) is 5.10 Å². The fourth-order valence-electron chi connectivity index (χ4n) is 2.79. The highest BCUT2D eigenvalue weighted by Gasteiger charge is 2.17. The first-order valence-electron chi connectivity index (χ1n) is 7.47. The van der Waals surface area contributed by atoms with E-state index in [2.05, 4.69) is 20.5 Å². The van der Waals surface area contributed by atoms with Gasteiger partial charge in [-0.1, -0.05) is 30.3 Å². The number of aromatic nitrogens is 4. The lowest BCUT2D eigenvalue weighted by Gasteiger charge is -2.06. The fourth-order valence-corrected chi connectivity index (χ4v) is 2.79. The van der Waals surface area contributed by atoms with Crippen molar-refractivity contribution >= 4 is 33.8 Å². The van der Waals surface area contributed by atoms with Crippen LogP contribution in [0.25, 0.3) is 21.9 Å². The zero-order valence-electron chi connectivity index (χ0n) is 12.6. The summed E-state index contributed by atoms with van der Waals surface area (Å²) in [5.41, 5.74) is 3.06. The Morgan fingerprint density at radius 1 is 1.17 bits per heavy atom. The number of benzene rings is 2. The van der Waals surface area contributed by atoms with E-state index in [4.69, 9.17) is 0 Å². The van der Waals surface area contributed by atoms with Crippen molar-refractivity contribution in [3.8, 4) is 0 Å². The van der Waals surface area contributed by atoms with E-state index < -0.39 is 0 Å². The molecule has 0 aliphatic rings. The van der Waals surface area contributed by atoms with Crippen molar-refractivity contribution in [1.82, 2.24) is 19.7 Å². The fraction of sp³-hybridized carbons (Fsp3) is 0.118. The van der Waals surface area contributed by atoms with Crippen molar-refractivity contribution in [3.63, 3.8) is 0 Å². The number of aryl methyl sites for hydroxylation is 1. The number of hydrogen-bond acceptors (Lipinski definition) is 3. The normalized spacial score (nSPS) is 11.2. The molecule has 114 valence electrons. The Morgan fingerprint density at radius 3 is 2.83 bits per heavy atom. The quantitative estimate of drug-likeness (QED) is 0.610. The van der Waals surface area contributed by atoms with Gasteiger partial charge in [-0.05, 0) is 25.1 Å². The Bertz CT molecular complexity index is 1010. The van der Waals surface area contributed by atoms with Gasteiger partial charge in [-0.15, -0.1) is 0 Å². The van der Waals surface area contributed by atoms with E-state index in [1.54, 1.807) is 0 Å². The second kappa shape index (κ2) is 5.24. The molecule has 1 amide bonds. The van der Waals surface area contributed by atoms with Gasteiger partial charge in [0, 0.05) is 11.9 Å². The minimum absolute atomic E-state index is 0.271. The molecule has 2 N–H and O–H groups in total. The van der Waals surface area contributed by atoms with Crippen LogP contribution in [0, 0.1) is 0 Å². The van der Waals surface area contributed by atoms with Crippen LogP contribution in [-0.2, 0) is 6.54 Å². The van der Waals surface area contributed by atoms with E-state index in [1.165, 1.54) is 0 Å². The van der Waals surface area contributed by atoms with E-state index in [9.17, 15) is 4.79 Å². The van der Waals surface area contributed by atoms with Crippen LogP contribution in [0.3, 0.4) is 0 Å². The number of fused-ring (bicyclic) bond motifs is 2. The van der Waals surface area contributed by atoms with Crippen LogP contribution in [0.5, 0.6) is 0 Å². The van der Waals surface area contributed by atoms with Crippen LogP contribution >= 0.6 is 0 Å². The van der Waals surface area contributed by atoms with E-state index in [0.29, 0.717) is 11.6 Å². The minimum atomic E-state index is -0.271. The zero-order chi connectivity index (χ0) is 15.8. The maximum atomic E-state index is 12.6. The summed E-state index contributed by atoms with van der Waals surface area (Å²) >= 11 is 0. The van der Waals surface area contributed by atoms with Crippen molar-refractivity contribution in [2.75, 3.05) is 5.32 Å². The first-order valence-corrected chi connectivity index (χ1v) is 7.47. The molecular formula is C17H15N5O. The maximum absolute atomic E-state index is 12.6. The van der Waals surface area contributed by atoms with Gasteiger partial charge < -0.3 is 4.57 Å². The molecule has 0 radical (unpaired) electrons. The summed E-state index contributed by atoms with van der Waals surface area (Å²) in [6.07, 6.45) is 0. The number of carbonyl (C=O) groups is 1. The summed E-state index contributed by atoms with van der Waals surface area (Å²) in [5.74, 6) is 0.262. The Morgan fingerprint density at radius 2 is 1.96 bits per heavy atom. The van der Waals surface area contributed by atoms with Crippen LogP contribution in [0.15, 0.2) is 48.5 Å². The molecule has 6 heteroatoms.